The summed E-state index contributed by atoms with van der Waals surface area (Å²) >= 11 is 5.98. The zero-order chi connectivity index (χ0) is 20.5. The molecule has 0 aliphatic carbocycles. The number of halogens is 1. The number of carbonyl (C=O) groups is 3. The van der Waals surface area contributed by atoms with E-state index in [1.807, 2.05) is 37.3 Å². The number of aryl methyl sites for hydroxylation is 1. The number of amides is 3. The lowest BCUT2D eigenvalue weighted by molar-refractivity contribution is -0.136. The fourth-order valence-corrected chi connectivity index (χ4v) is 2.37. The molecule has 0 aromatic heterocycles. The van der Waals surface area contributed by atoms with Crippen LogP contribution in [0, 0.1) is 6.92 Å². The van der Waals surface area contributed by atoms with Crippen LogP contribution in [0.3, 0.4) is 0 Å². The summed E-state index contributed by atoms with van der Waals surface area (Å²) in [5, 5.41) is 9.45. The molecule has 3 amide bonds. The minimum atomic E-state index is -0.944. The normalized spacial score (nSPS) is 10.9. The maximum Gasteiger partial charge on any atom is 0.329 e. The van der Waals surface area contributed by atoms with Gasteiger partial charge in [-0.2, -0.15) is 5.10 Å². The molecule has 0 atom stereocenters. The summed E-state index contributed by atoms with van der Waals surface area (Å²) in [7, 11) is 0. The predicted molar refractivity (Wildman–Crippen MR) is 109 cm³/mol. The first-order valence-corrected chi connectivity index (χ1v) is 8.94. The number of nitrogens with one attached hydrogen (secondary N) is 3. The van der Waals surface area contributed by atoms with E-state index in [0.29, 0.717) is 23.0 Å². The summed E-state index contributed by atoms with van der Waals surface area (Å²) in [6.07, 6.45) is 0.00228. The van der Waals surface area contributed by atoms with Gasteiger partial charge < -0.3 is 10.6 Å². The van der Waals surface area contributed by atoms with E-state index in [4.69, 9.17) is 11.6 Å². The van der Waals surface area contributed by atoms with Crippen molar-refractivity contribution in [3.05, 3.63) is 64.7 Å². The van der Waals surface area contributed by atoms with Crippen molar-refractivity contribution in [3.8, 4) is 0 Å². The van der Waals surface area contributed by atoms with Crippen molar-refractivity contribution < 1.29 is 14.4 Å². The molecule has 0 saturated carbocycles. The first-order chi connectivity index (χ1) is 13.3. The molecular formula is C20H21ClN4O3. The van der Waals surface area contributed by atoms with Crippen LogP contribution in [0.1, 0.15) is 24.5 Å². The van der Waals surface area contributed by atoms with Crippen molar-refractivity contribution in [3.63, 3.8) is 0 Å². The van der Waals surface area contributed by atoms with E-state index >= 15 is 0 Å². The smallest absolute Gasteiger partial charge is 0.329 e. The van der Waals surface area contributed by atoms with Crippen molar-refractivity contribution in [1.29, 1.82) is 0 Å². The molecule has 0 unspecified atom stereocenters. The molecule has 146 valence electrons. The Labute approximate surface area is 168 Å². The van der Waals surface area contributed by atoms with Crippen LogP contribution < -0.4 is 16.1 Å². The number of anilines is 1. The molecule has 0 spiro atoms. The molecule has 0 heterocycles. The van der Waals surface area contributed by atoms with E-state index < -0.39 is 11.8 Å². The number of hydrogen-bond donors (Lipinski definition) is 3. The van der Waals surface area contributed by atoms with Gasteiger partial charge in [-0.1, -0.05) is 48.0 Å². The van der Waals surface area contributed by atoms with Gasteiger partial charge in [0.25, 0.3) is 0 Å². The molecule has 2 rings (SSSR count). The second-order valence-corrected chi connectivity index (χ2v) is 6.55. The molecule has 0 fully saturated rings. The zero-order valence-electron chi connectivity index (χ0n) is 15.6. The minimum Gasteiger partial charge on any atom is -0.352 e. The summed E-state index contributed by atoms with van der Waals surface area (Å²) < 4.78 is 0. The Morgan fingerprint density at radius 1 is 1.04 bits per heavy atom. The van der Waals surface area contributed by atoms with Gasteiger partial charge in [0.15, 0.2) is 0 Å². The number of hydrazone groups is 1. The second kappa shape index (κ2) is 10.2. The lowest BCUT2D eigenvalue weighted by Gasteiger charge is -2.07. The van der Waals surface area contributed by atoms with Crippen LogP contribution in [0.2, 0.25) is 5.02 Å². The van der Waals surface area contributed by atoms with Gasteiger partial charge in [-0.25, -0.2) is 5.43 Å². The highest BCUT2D eigenvalue weighted by Crippen LogP contribution is 2.19. The van der Waals surface area contributed by atoms with Crippen LogP contribution in [0.4, 0.5) is 5.69 Å². The number of benzene rings is 2. The molecule has 8 heteroatoms. The largest absolute Gasteiger partial charge is 0.352 e. The standard InChI is InChI=1S/C20H21ClN4O3/c1-13-8-9-16(11-17(13)21)23-19(27)20(28)25-24-14(2)10-18(26)22-12-15-6-4-3-5-7-15/h3-9,11H,10,12H2,1-2H3,(H,22,26)(H,23,27)(H,25,28). The summed E-state index contributed by atoms with van der Waals surface area (Å²) in [6, 6.07) is 14.4. The fourth-order valence-electron chi connectivity index (χ4n) is 2.19. The third-order valence-corrected chi connectivity index (χ3v) is 4.14. The Kier molecular flexibility index (Phi) is 7.71. The highest BCUT2D eigenvalue weighted by molar-refractivity contribution is 6.40. The topological polar surface area (TPSA) is 99.7 Å². The van der Waals surface area contributed by atoms with E-state index in [9.17, 15) is 14.4 Å². The Hall–Kier alpha value is -3.19. The van der Waals surface area contributed by atoms with Gasteiger partial charge in [-0.15, -0.1) is 0 Å². The highest BCUT2D eigenvalue weighted by atomic mass is 35.5. The maximum absolute atomic E-state index is 11.9. The van der Waals surface area contributed by atoms with Gasteiger partial charge in [0.2, 0.25) is 5.91 Å². The van der Waals surface area contributed by atoms with Crippen molar-refractivity contribution in [2.24, 2.45) is 5.10 Å². The summed E-state index contributed by atoms with van der Waals surface area (Å²) in [5.41, 5.74) is 4.73. The van der Waals surface area contributed by atoms with Crippen LogP contribution in [-0.2, 0) is 20.9 Å². The van der Waals surface area contributed by atoms with Crippen LogP contribution in [0.15, 0.2) is 53.6 Å². The Bertz CT molecular complexity index is 898. The van der Waals surface area contributed by atoms with E-state index in [1.165, 1.54) is 0 Å². The van der Waals surface area contributed by atoms with Gasteiger partial charge in [0.1, 0.15) is 0 Å². The molecule has 0 saturated heterocycles. The average Bonchev–Trinajstić information content (AvgIpc) is 2.68. The second-order valence-electron chi connectivity index (χ2n) is 6.15. The first-order valence-electron chi connectivity index (χ1n) is 8.56. The molecule has 2 aromatic rings. The van der Waals surface area contributed by atoms with Gasteiger partial charge >= 0.3 is 11.8 Å². The van der Waals surface area contributed by atoms with Crippen LogP contribution in [0.5, 0.6) is 0 Å². The van der Waals surface area contributed by atoms with Gasteiger partial charge in [-0.3, -0.25) is 14.4 Å². The predicted octanol–water partition coefficient (Wildman–Crippen LogP) is 2.79. The first kappa shape index (κ1) is 21.1. The molecular weight excluding hydrogens is 380 g/mol. The Balaban J connectivity index is 1.78. The quantitative estimate of drug-likeness (QED) is 0.395. The van der Waals surface area contributed by atoms with Crippen molar-refractivity contribution in [1.82, 2.24) is 10.7 Å². The molecule has 2 aromatic carbocycles. The molecule has 0 radical (unpaired) electrons. The Morgan fingerprint density at radius 3 is 2.43 bits per heavy atom. The monoisotopic (exact) mass is 400 g/mol. The molecule has 0 bridgehead atoms. The van der Waals surface area contributed by atoms with Crippen molar-refractivity contribution in [2.45, 2.75) is 26.8 Å². The molecule has 0 aliphatic heterocycles. The van der Waals surface area contributed by atoms with Crippen molar-refractivity contribution >= 4 is 40.7 Å². The lowest BCUT2D eigenvalue weighted by Crippen LogP contribution is -2.33. The zero-order valence-corrected chi connectivity index (χ0v) is 16.3. The van der Waals surface area contributed by atoms with Crippen LogP contribution in [0.25, 0.3) is 0 Å². The number of hydrogen-bond acceptors (Lipinski definition) is 4. The van der Waals surface area contributed by atoms with Crippen molar-refractivity contribution in [2.75, 3.05) is 5.32 Å². The van der Waals surface area contributed by atoms with Gasteiger partial charge in [0.05, 0.1) is 6.42 Å². The SMILES string of the molecule is CC(CC(=O)NCc1ccccc1)=NNC(=O)C(=O)Nc1ccc(C)c(Cl)c1. The van der Waals surface area contributed by atoms with Crippen LogP contribution >= 0.6 is 11.6 Å². The summed E-state index contributed by atoms with van der Waals surface area (Å²) in [4.78, 5) is 35.6. The van der Waals surface area contributed by atoms with Gasteiger partial charge in [0, 0.05) is 23.0 Å². The van der Waals surface area contributed by atoms with Gasteiger partial charge in [-0.05, 0) is 37.1 Å². The molecule has 0 aliphatic rings. The van der Waals surface area contributed by atoms with E-state index in [0.717, 1.165) is 11.1 Å². The van der Waals surface area contributed by atoms with Crippen LogP contribution in [-0.4, -0.2) is 23.4 Å². The van der Waals surface area contributed by atoms with E-state index in [1.54, 1.807) is 25.1 Å². The molecule has 3 N–H and O–H groups in total. The Morgan fingerprint density at radius 2 is 1.75 bits per heavy atom. The maximum atomic E-state index is 11.9. The van der Waals surface area contributed by atoms with E-state index in [2.05, 4.69) is 21.2 Å². The average molecular weight is 401 g/mol. The van der Waals surface area contributed by atoms with E-state index in [-0.39, 0.29) is 12.3 Å². The third-order valence-electron chi connectivity index (χ3n) is 3.73. The third kappa shape index (κ3) is 6.85. The number of nitrogens with zero attached hydrogens (tertiary/aromatic N) is 1. The minimum absolute atomic E-state index is 0.00228. The summed E-state index contributed by atoms with van der Waals surface area (Å²) in [5.74, 6) is -2.07. The molecule has 28 heavy (non-hydrogen) atoms. The highest BCUT2D eigenvalue weighted by Gasteiger charge is 2.14. The number of rotatable bonds is 6. The summed E-state index contributed by atoms with van der Waals surface area (Å²) in [6.45, 7) is 3.81. The molecule has 7 nitrogen and oxygen atoms in total. The number of carbonyl (C=O) groups excluding carboxylic acids is 3. The fraction of sp³-hybridized carbons (Fsp3) is 0.200. The lowest BCUT2D eigenvalue weighted by atomic mass is 10.2.